The van der Waals surface area contributed by atoms with Gasteiger partial charge in [0.25, 0.3) is 5.56 Å². The fourth-order valence-electron chi connectivity index (χ4n) is 3.27. The summed E-state index contributed by atoms with van der Waals surface area (Å²) in [6.07, 6.45) is 0.109. The molecule has 1 N–H and O–H groups in total. The quantitative estimate of drug-likeness (QED) is 0.878. The summed E-state index contributed by atoms with van der Waals surface area (Å²) in [7, 11) is 4.49. The Morgan fingerprint density at radius 3 is 2.54 bits per heavy atom. The van der Waals surface area contributed by atoms with Crippen molar-refractivity contribution in [2.45, 2.75) is 19.3 Å². The number of carbonyl (C=O) groups excluding carboxylic acids is 1. The van der Waals surface area contributed by atoms with Crippen LogP contribution >= 0.6 is 0 Å². The normalized spacial score (nSPS) is 16.0. The zero-order valence-electron chi connectivity index (χ0n) is 15.2. The van der Waals surface area contributed by atoms with E-state index in [4.69, 9.17) is 9.47 Å². The van der Waals surface area contributed by atoms with Crippen molar-refractivity contribution in [3.63, 3.8) is 0 Å². The van der Waals surface area contributed by atoms with Crippen LogP contribution < -0.4 is 26.0 Å². The van der Waals surface area contributed by atoms with Gasteiger partial charge in [-0.15, -0.1) is 0 Å². The van der Waals surface area contributed by atoms with Gasteiger partial charge in [-0.2, -0.15) is 0 Å². The van der Waals surface area contributed by atoms with Gasteiger partial charge >= 0.3 is 5.69 Å². The van der Waals surface area contributed by atoms with Gasteiger partial charge in [-0.25, -0.2) is 4.79 Å². The number of aromatic nitrogens is 2. The van der Waals surface area contributed by atoms with Crippen molar-refractivity contribution in [2.75, 3.05) is 19.0 Å². The molecule has 1 aromatic heterocycles. The molecule has 138 valence electrons. The lowest BCUT2D eigenvalue weighted by Gasteiger charge is -2.27. The smallest absolute Gasteiger partial charge is 0.332 e. The monoisotopic (exact) mass is 359 g/mol. The summed E-state index contributed by atoms with van der Waals surface area (Å²) in [5.74, 6) is 0.630. The van der Waals surface area contributed by atoms with Gasteiger partial charge in [-0.3, -0.25) is 18.7 Å². The number of methoxy groups -OCH3 is 1. The number of anilines is 1. The van der Waals surface area contributed by atoms with E-state index in [1.807, 2.05) is 13.0 Å². The SMILES string of the molecule is CCOc1ccc([C@@H]2CC(=O)Nc3c2c(=O)n(C)c(=O)n3C)cc1OC. The van der Waals surface area contributed by atoms with Gasteiger partial charge in [0.05, 0.1) is 19.3 Å². The van der Waals surface area contributed by atoms with Gasteiger partial charge in [-0.05, 0) is 24.6 Å². The van der Waals surface area contributed by atoms with Crippen molar-refractivity contribution in [1.82, 2.24) is 9.13 Å². The Hall–Kier alpha value is -3.03. The molecule has 1 aliphatic heterocycles. The van der Waals surface area contributed by atoms with Gasteiger partial charge in [0, 0.05) is 26.4 Å². The van der Waals surface area contributed by atoms with E-state index in [1.54, 1.807) is 12.1 Å². The van der Waals surface area contributed by atoms with Crippen LogP contribution in [0.1, 0.15) is 30.4 Å². The lowest BCUT2D eigenvalue weighted by molar-refractivity contribution is -0.116. The molecule has 26 heavy (non-hydrogen) atoms. The predicted molar refractivity (Wildman–Crippen MR) is 96.2 cm³/mol. The Morgan fingerprint density at radius 1 is 1.15 bits per heavy atom. The third kappa shape index (κ3) is 2.77. The molecule has 0 spiro atoms. The zero-order chi connectivity index (χ0) is 19.0. The minimum Gasteiger partial charge on any atom is -0.493 e. The number of ether oxygens (including phenoxy) is 2. The summed E-state index contributed by atoms with van der Waals surface area (Å²) in [6.45, 7) is 2.37. The Bertz CT molecular complexity index is 990. The molecule has 1 atom stereocenters. The molecule has 1 amide bonds. The fourth-order valence-corrected chi connectivity index (χ4v) is 3.27. The highest BCUT2D eigenvalue weighted by molar-refractivity contribution is 5.94. The van der Waals surface area contributed by atoms with Crippen LogP contribution in [0.3, 0.4) is 0 Å². The van der Waals surface area contributed by atoms with Gasteiger partial charge in [0.2, 0.25) is 5.91 Å². The molecular weight excluding hydrogens is 338 g/mol. The molecule has 0 aliphatic carbocycles. The minimum atomic E-state index is -0.487. The molecule has 1 aromatic carbocycles. The number of nitrogens with one attached hydrogen (secondary N) is 1. The molecule has 0 saturated carbocycles. The van der Waals surface area contributed by atoms with E-state index in [2.05, 4.69) is 5.32 Å². The highest BCUT2D eigenvalue weighted by Crippen LogP contribution is 2.38. The number of hydrogen-bond donors (Lipinski definition) is 1. The number of rotatable bonds is 4. The van der Waals surface area contributed by atoms with Crippen molar-refractivity contribution in [3.05, 3.63) is 50.2 Å². The first kappa shape index (κ1) is 17.8. The molecule has 8 heteroatoms. The van der Waals surface area contributed by atoms with Crippen molar-refractivity contribution in [2.24, 2.45) is 14.1 Å². The summed E-state index contributed by atoms with van der Waals surface area (Å²) in [5, 5.41) is 2.65. The second kappa shape index (κ2) is 6.70. The third-order valence-electron chi connectivity index (χ3n) is 4.59. The summed E-state index contributed by atoms with van der Waals surface area (Å²) in [4.78, 5) is 37.1. The maximum atomic E-state index is 12.7. The first-order chi connectivity index (χ1) is 12.4. The van der Waals surface area contributed by atoms with Crippen molar-refractivity contribution < 1.29 is 14.3 Å². The van der Waals surface area contributed by atoms with E-state index in [0.29, 0.717) is 23.7 Å². The summed E-state index contributed by atoms with van der Waals surface area (Å²) in [5.41, 5.74) is 0.234. The van der Waals surface area contributed by atoms with E-state index in [-0.39, 0.29) is 18.1 Å². The van der Waals surface area contributed by atoms with E-state index in [1.165, 1.54) is 25.8 Å². The number of nitrogens with zero attached hydrogens (tertiary/aromatic N) is 2. The Kier molecular flexibility index (Phi) is 4.58. The summed E-state index contributed by atoms with van der Waals surface area (Å²) in [6, 6.07) is 5.34. The second-order valence-electron chi connectivity index (χ2n) is 6.12. The molecule has 2 aromatic rings. The number of benzene rings is 1. The van der Waals surface area contributed by atoms with E-state index < -0.39 is 17.2 Å². The van der Waals surface area contributed by atoms with E-state index in [9.17, 15) is 14.4 Å². The summed E-state index contributed by atoms with van der Waals surface area (Å²) < 4.78 is 13.2. The average Bonchev–Trinajstić information content (AvgIpc) is 2.64. The second-order valence-corrected chi connectivity index (χ2v) is 6.12. The molecule has 0 bridgehead atoms. The number of hydrogen-bond acceptors (Lipinski definition) is 5. The Morgan fingerprint density at radius 2 is 1.88 bits per heavy atom. The van der Waals surface area contributed by atoms with Gasteiger partial charge in [0.1, 0.15) is 5.82 Å². The summed E-state index contributed by atoms with van der Waals surface area (Å²) >= 11 is 0. The average molecular weight is 359 g/mol. The van der Waals surface area contributed by atoms with Crippen molar-refractivity contribution in [1.29, 1.82) is 0 Å². The topological polar surface area (TPSA) is 91.6 Å². The zero-order valence-corrected chi connectivity index (χ0v) is 15.2. The molecule has 0 saturated heterocycles. The maximum absolute atomic E-state index is 12.7. The molecule has 3 rings (SSSR count). The van der Waals surface area contributed by atoms with Crippen LogP contribution in [0.5, 0.6) is 11.5 Å². The molecule has 8 nitrogen and oxygen atoms in total. The predicted octanol–water partition coefficient (Wildman–Crippen LogP) is 0.965. The van der Waals surface area contributed by atoms with E-state index >= 15 is 0 Å². The Labute approximate surface area is 150 Å². The molecule has 2 heterocycles. The van der Waals surface area contributed by atoms with Crippen LogP contribution in [0.2, 0.25) is 0 Å². The first-order valence-corrected chi connectivity index (χ1v) is 8.29. The standard InChI is InChI=1S/C18H21N3O5/c1-5-26-12-7-6-10(8-13(12)25-4)11-9-14(22)19-16-15(11)17(23)21(3)18(24)20(16)2/h6-8,11H,5,9H2,1-4H3,(H,19,22)/t11-/m0/s1. The third-order valence-corrected chi connectivity index (χ3v) is 4.59. The highest BCUT2D eigenvalue weighted by Gasteiger charge is 2.32. The van der Waals surface area contributed by atoms with E-state index in [0.717, 1.165) is 10.1 Å². The first-order valence-electron chi connectivity index (χ1n) is 8.29. The van der Waals surface area contributed by atoms with Gasteiger partial charge in [0.15, 0.2) is 11.5 Å². The largest absolute Gasteiger partial charge is 0.493 e. The minimum absolute atomic E-state index is 0.109. The molecule has 0 unspecified atom stereocenters. The number of carbonyl (C=O) groups is 1. The van der Waals surface area contributed by atoms with Crippen LogP contribution in [0.4, 0.5) is 5.82 Å². The van der Waals surface area contributed by atoms with Crippen LogP contribution in [0.25, 0.3) is 0 Å². The van der Waals surface area contributed by atoms with Crippen molar-refractivity contribution >= 4 is 11.7 Å². The fraction of sp³-hybridized carbons (Fsp3) is 0.389. The van der Waals surface area contributed by atoms with Crippen LogP contribution in [-0.2, 0) is 18.9 Å². The Balaban J connectivity index is 2.22. The lowest BCUT2D eigenvalue weighted by atomic mass is 9.86. The number of fused-ring (bicyclic) bond motifs is 1. The van der Waals surface area contributed by atoms with Crippen LogP contribution in [0.15, 0.2) is 27.8 Å². The molecule has 0 fully saturated rings. The van der Waals surface area contributed by atoms with Gasteiger partial charge < -0.3 is 14.8 Å². The van der Waals surface area contributed by atoms with Gasteiger partial charge in [-0.1, -0.05) is 6.07 Å². The number of amides is 1. The lowest BCUT2D eigenvalue weighted by Crippen LogP contribution is -2.44. The maximum Gasteiger partial charge on any atom is 0.332 e. The molecular formula is C18H21N3O5. The van der Waals surface area contributed by atoms with Crippen LogP contribution in [-0.4, -0.2) is 28.8 Å². The van der Waals surface area contributed by atoms with Crippen molar-refractivity contribution in [3.8, 4) is 11.5 Å². The van der Waals surface area contributed by atoms with Crippen LogP contribution in [0, 0.1) is 0 Å². The molecule has 0 radical (unpaired) electrons. The highest BCUT2D eigenvalue weighted by atomic mass is 16.5. The molecule has 1 aliphatic rings.